The molecule has 0 saturated carbocycles. The maximum atomic E-state index is 5.09. The molecule has 0 amide bonds. The van der Waals surface area contributed by atoms with Crippen molar-refractivity contribution in [3.63, 3.8) is 0 Å². The van der Waals surface area contributed by atoms with Gasteiger partial charge in [-0.3, -0.25) is 4.98 Å². The second-order valence-electron chi connectivity index (χ2n) is 12.4. The monoisotopic (exact) mass is 641 g/mol. The van der Waals surface area contributed by atoms with E-state index in [1.54, 1.807) is 11.3 Å². The molecule has 0 fully saturated rings. The van der Waals surface area contributed by atoms with E-state index in [0.717, 1.165) is 49.2 Å². The van der Waals surface area contributed by atoms with E-state index in [0.29, 0.717) is 0 Å². The summed E-state index contributed by atoms with van der Waals surface area (Å²) < 4.78 is 1.19. The van der Waals surface area contributed by atoms with Gasteiger partial charge >= 0.3 is 0 Å². The number of aromatic nitrogens is 3. The average Bonchev–Trinajstić information content (AvgIpc) is 3.61. The standard InChI is InChI=1S/C45H27N3S/c1-2-9-32(10-3-1)45-48-39-27-33(23-25-40(39)49-45)42-36-14-6-4-12-34(36)41(35-13-5-7-15-37(35)42)29-18-16-28(17-19-29)38-24-22-31-21-20-30-11-8-26-46-43(30)44(31)47-38/h1-27H. The molecule has 0 bridgehead atoms. The molecule has 0 spiro atoms. The summed E-state index contributed by atoms with van der Waals surface area (Å²) >= 11 is 1.74. The van der Waals surface area contributed by atoms with E-state index >= 15 is 0 Å². The second-order valence-corrected chi connectivity index (χ2v) is 13.4. The molecule has 3 nitrogen and oxygen atoms in total. The number of benzene rings is 7. The minimum Gasteiger partial charge on any atom is -0.254 e. The van der Waals surface area contributed by atoms with E-state index in [9.17, 15) is 0 Å². The fourth-order valence-corrected chi connectivity index (χ4v) is 8.18. The van der Waals surface area contributed by atoms with Gasteiger partial charge in [0.25, 0.3) is 0 Å². The maximum Gasteiger partial charge on any atom is 0.124 e. The van der Waals surface area contributed by atoms with E-state index in [1.807, 2.05) is 18.3 Å². The van der Waals surface area contributed by atoms with Gasteiger partial charge in [0.1, 0.15) is 5.01 Å². The van der Waals surface area contributed by atoms with Crippen LogP contribution in [0.4, 0.5) is 0 Å². The van der Waals surface area contributed by atoms with Gasteiger partial charge in [0.05, 0.1) is 26.9 Å². The first kappa shape index (κ1) is 27.8. The highest BCUT2D eigenvalue weighted by Crippen LogP contribution is 2.45. The Hall–Kier alpha value is -6.23. The normalized spacial score (nSPS) is 11.7. The fourth-order valence-electron chi connectivity index (χ4n) is 7.23. The first-order valence-corrected chi connectivity index (χ1v) is 17.3. The number of hydrogen-bond acceptors (Lipinski definition) is 4. The van der Waals surface area contributed by atoms with Gasteiger partial charge in [0.2, 0.25) is 0 Å². The summed E-state index contributed by atoms with van der Waals surface area (Å²) in [6.45, 7) is 0. The van der Waals surface area contributed by atoms with Crippen molar-refractivity contribution in [1.29, 1.82) is 0 Å². The molecule has 10 rings (SSSR count). The van der Waals surface area contributed by atoms with Crippen molar-refractivity contribution in [2.45, 2.75) is 0 Å². The van der Waals surface area contributed by atoms with Crippen LogP contribution in [0.2, 0.25) is 0 Å². The minimum atomic E-state index is 0.930. The maximum absolute atomic E-state index is 5.09. The molecular weight excluding hydrogens is 615 g/mol. The number of thiazole rings is 1. The van der Waals surface area contributed by atoms with Crippen LogP contribution in [0.15, 0.2) is 164 Å². The van der Waals surface area contributed by atoms with E-state index in [2.05, 4.69) is 151 Å². The van der Waals surface area contributed by atoms with E-state index in [4.69, 9.17) is 9.97 Å². The molecule has 0 radical (unpaired) electrons. The van der Waals surface area contributed by atoms with Gasteiger partial charge in [0, 0.05) is 28.1 Å². The van der Waals surface area contributed by atoms with Crippen molar-refractivity contribution in [3.8, 4) is 44.1 Å². The highest BCUT2D eigenvalue weighted by atomic mass is 32.1. The Bertz CT molecular complexity index is 2820. The van der Waals surface area contributed by atoms with E-state index < -0.39 is 0 Å². The Labute approximate surface area is 286 Å². The molecule has 0 unspecified atom stereocenters. The summed E-state index contributed by atoms with van der Waals surface area (Å²) in [6.07, 6.45) is 1.84. The summed E-state index contributed by atoms with van der Waals surface area (Å²) in [4.78, 5) is 14.8. The Balaban J connectivity index is 1.12. The van der Waals surface area contributed by atoms with Crippen molar-refractivity contribution < 1.29 is 0 Å². The summed E-state index contributed by atoms with van der Waals surface area (Å²) in [5, 5.41) is 8.16. The van der Waals surface area contributed by atoms with Gasteiger partial charge < -0.3 is 0 Å². The first-order valence-electron chi connectivity index (χ1n) is 16.4. The van der Waals surface area contributed by atoms with Crippen LogP contribution < -0.4 is 0 Å². The van der Waals surface area contributed by atoms with Crippen LogP contribution in [0.3, 0.4) is 0 Å². The van der Waals surface area contributed by atoms with Crippen molar-refractivity contribution in [2.75, 3.05) is 0 Å². The van der Waals surface area contributed by atoms with Gasteiger partial charge in [-0.05, 0) is 68.1 Å². The third kappa shape index (κ3) is 4.61. The smallest absolute Gasteiger partial charge is 0.124 e. The fraction of sp³-hybridized carbons (Fsp3) is 0. The lowest BCUT2D eigenvalue weighted by molar-refractivity contribution is 1.37. The quantitative estimate of drug-likeness (QED) is 0.142. The highest BCUT2D eigenvalue weighted by molar-refractivity contribution is 7.21. The third-order valence-corrected chi connectivity index (χ3v) is 10.6. The molecule has 0 saturated heterocycles. The predicted molar refractivity (Wildman–Crippen MR) is 207 cm³/mol. The van der Waals surface area contributed by atoms with Crippen molar-refractivity contribution in [3.05, 3.63) is 164 Å². The van der Waals surface area contributed by atoms with Crippen molar-refractivity contribution >= 4 is 64.9 Å². The molecule has 4 heteroatoms. The Morgan fingerprint density at radius 2 is 1.00 bits per heavy atom. The largest absolute Gasteiger partial charge is 0.254 e. The highest BCUT2D eigenvalue weighted by Gasteiger charge is 2.18. The molecule has 228 valence electrons. The zero-order valence-corrected chi connectivity index (χ0v) is 27.2. The molecule has 0 atom stereocenters. The van der Waals surface area contributed by atoms with Crippen LogP contribution in [-0.2, 0) is 0 Å². The summed E-state index contributed by atoms with van der Waals surface area (Å²) in [5.41, 5.74) is 10.9. The van der Waals surface area contributed by atoms with E-state index in [-0.39, 0.29) is 0 Å². The van der Waals surface area contributed by atoms with Crippen LogP contribution in [0.1, 0.15) is 0 Å². The van der Waals surface area contributed by atoms with Gasteiger partial charge in [-0.2, -0.15) is 0 Å². The predicted octanol–water partition coefficient (Wildman–Crippen LogP) is 12.4. The van der Waals surface area contributed by atoms with E-state index in [1.165, 1.54) is 48.5 Å². The van der Waals surface area contributed by atoms with Crippen LogP contribution in [0.5, 0.6) is 0 Å². The van der Waals surface area contributed by atoms with Crippen molar-refractivity contribution in [1.82, 2.24) is 15.0 Å². The second kappa shape index (κ2) is 11.2. The summed E-state index contributed by atoms with van der Waals surface area (Å²) in [6, 6.07) is 56.2. The molecule has 3 aromatic heterocycles. The number of hydrogen-bond donors (Lipinski definition) is 0. The Morgan fingerprint density at radius 3 is 1.71 bits per heavy atom. The van der Waals surface area contributed by atoms with Gasteiger partial charge in [-0.15, -0.1) is 11.3 Å². The molecule has 3 heterocycles. The molecule has 49 heavy (non-hydrogen) atoms. The summed E-state index contributed by atoms with van der Waals surface area (Å²) in [5.74, 6) is 0. The molecule has 0 aliphatic rings. The first-order chi connectivity index (χ1) is 24.3. The van der Waals surface area contributed by atoms with Crippen LogP contribution in [0, 0.1) is 0 Å². The Kier molecular flexibility index (Phi) is 6.36. The average molecular weight is 642 g/mol. The lowest BCUT2D eigenvalue weighted by Gasteiger charge is -2.18. The van der Waals surface area contributed by atoms with Crippen LogP contribution >= 0.6 is 11.3 Å². The summed E-state index contributed by atoms with van der Waals surface area (Å²) in [7, 11) is 0. The number of fused-ring (bicyclic) bond motifs is 6. The zero-order valence-electron chi connectivity index (χ0n) is 26.3. The van der Waals surface area contributed by atoms with Crippen LogP contribution in [0.25, 0.3) is 97.6 Å². The lowest BCUT2D eigenvalue weighted by atomic mass is 9.86. The van der Waals surface area contributed by atoms with Gasteiger partial charge in [0.15, 0.2) is 0 Å². The SMILES string of the molecule is c1ccc(-c2nc3cc(-c4c5ccccc5c(-c5ccc(-c6ccc7ccc8cccnc8c7n6)cc5)c5ccccc45)ccc3s2)cc1. The lowest BCUT2D eigenvalue weighted by Crippen LogP contribution is -1.91. The third-order valence-electron chi connectivity index (χ3n) is 9.53. The number of pyridine rings is 2. The molecule has 10 aromatic rings. The number of nitrogens with zero attached hydrogens (tertiary/aromatic N) is 3. The molecule has 0 N–H and O–H groups in total. The minimum absolute atomic E-state index is 0.930. The van der Waals surface area contributed by atoms with Crippen LogP contribution in [-0.4, -0.2) is 15.0 Å². The van der Waals surface area contributed by atoms with Gasteiger partial charge in [-0.1, -0.05) is 133 Å². The number of rotatable bonds is 4. The van der Waals surface area contributed by atoms with Crippen molar-refractivity contribution in [2.24, 2.45) is 0 Å². The molecular formula is C45H27N3S. The molecule has 0 aliphatic carbocycles. The Morgan fingerprint density at radius 1 is 0.408 bits per heavy atom. The topological polar surface area (TPSA) is 38.7 Å². The van der Waals surface area contributed by atoms with Gasteiger partial charge in [-0.25, -0.2) is 9.97 Å². The molecule has 0 aliphatic heterocycles. The molecule has 7 aromatic carbocycles. The zero-order chi connectivity index (χ0) is 32.3.